The molecule has 21 heavy (non-hydrogen) atoms. The van der Waals surface area contributed by atoms with Crippen molar-refractivity contribution in [3.63, 3.8) is 0 Å². The summed E-state index contributed by atoms with van der Waals surface area (Å²) in [5.41, 5.74) is 0.109. The third-order valence-electron chi connectivity index (χ3n) is 2.91. The maximum atomic E-state index is 13.6. The van der Waals surface area contributed by atoms with Gasteiger partial charge in [-0.2, -0.15) is 4.31 Å². The van der Waals surface area contributed by atoms with E-state index in [1.54, 1.807) is 12.1 Å². The molecule has 0 bridgehead atoms. The highest BCUT2D eigenvalue weighted by Crippen LogP contribution is 2.21. The number of hydrogen-bond acceptors (Lipinski definition) is 2. The zero-order valence-electron chi connectivity index (χ0n) is 11.1. The molecule has 0 N–H and O–H groups in total. The molecule has 0 saturated carbocycles. The van der Waals surface area contributed by atoms with Gasteiger partial charge in [0, 0.05) is 29.7 Å². The van der Waals surface area contributed by atoms with Gasteiger partial charge in [-0.1, -0.05) is 28.1 Å². The van der Waals surface area contributed by atoms with Crippen LogP contribution in [0.2, 0.25) is 0 Å². The van der Waals surface area contributed by atoms with Crippen molar-refractivity contribution in [2.45, 2.75) is 11.4 Å². The first-order valence-corrected chi connectivity index (χ1v) is 8.20. The van der Waals surface area contributed by atoms with Crippen LogP contribution in [0, 0.1) is 11.6 Å². The SMILES string of the molecule is CN(Cc1ccc(F)cc1F)S(=O)(=O)c1cccc(Br)c1. The minimum Gasteiger partial charge on any atom is -0.207 e. The van der Waals surface area contributed by atoms with E-state index in [-0.39, 0.29) is 17.0 Å². The van der Waals surface area contributed by atoms with E-state index in [4.69, 9.17) is 0 Å². The van der Waals surface area contributed by atoms with Crippen molar-refractivity contribution in [1.82, 2.24) is 4.31 Å². The van der Waals surface area contributed by atoms with Gasteiger partial charge >= 0.3 is 0 Å². The van der Waals surface area contributed by atoms with Crippen LogP contribution in [-0.4, -0.2) is 19.8 Å². The Kier molecular flexibility index (Phi) is 4.75. The number of sulfonamides is 1. The Balaban J connectivity index is 2.28. The largest absolute Gasteiger partial charge is 0.243 e. The first-order valence-electron chi connectivity index (χ1n) is 5.96. The molecule has 7 heteroatoms. The molecule has 0 fully saturated rings. The smallest absolute Gasteiger partial charge is 0.207 e. The second kappa shape index (κ2) is 6.21. The van der Waals surface area contributed by atoms with Crippen LogP contribution in [0.4, 0.5) is 8.78 Å². The number of rotatable bonds is 4. The van der Waals surface area contributed by atoms with E-state index in [2.05, 4.69) is 15.9 Å². The molecule has 2 aromatic carbocycles. The molecule has 0 aliphatic carbocycles. The normalized spacial score (nSPS) is 11.9. The number of halogens is 3. The quantitative estimate of drug-likeness (QED) is 0.819. The second-order valence-corrected chi connectivity index (χ2v) is 7.41. The van der Waals surface area contributed by atoms with Gasteiger partial charge < -0.3 is 0 Å². The summed E-state index contributed by atoms with van der Waals surface area (Å²) in [5.74, 6) is -1.47. The van der Waals surface area contributed by atoms with Gasteiger partial charge in [0.2, 0.25) is 10.0 Å². The van der Waals surface area contributed by atoms with Gasteiger partial charge in [-0.3, -0.25) is 0 Å². The third-order valence-corrected chi connectivity index (χ3v) is 5.21. The molecule has 0 spiro atoms. The third kappa shape index (κ3) is 3.66. The lowest BCUT2D eigenvalue weighted by atomic mass is 10.2. The molecule has 2 rings (SSSR count). The van der Waals surface area contributed by atoms with E-state index in [9.17, 15) is 17.2 Å². The summed E-state index contributed by atoms with van der Waals surface area (Å²) in [4.78, 5) is 0.0990. The number of nitrogens with zero attached hydrogens (tertiary/aromatic N) is 1. The lowest BCUT2D eigenvalue weighted by Gasteiger charge is -2.17. The fourth-order valence-electron chi connectivity index (χ4n) is 1.78. The highest BCUT2D eigenvalue weighted by molar-refractivity contribution is 9.10. The minimum atomic E-state index is -3.74. The lowest BCUT2D eigenvalue weighted by molar-refractivity contribution is 0.454. The van der Waals surface area contributed by atoms with Gasteiger partial charge in [-0.05, 0) is 24.3 Å². The maximum Gasteiger partial charge on any atom is 0.243 e. The van der Waals surface area contributed by atoms with E-state index < -0.39 is 21.7 Å². The van der Waals surface area contributed by atoms with Gasteiger partial charge in [0.25, 0.3) is 0 Å². The summed E-state index contributed by atoms with van der Waals surface area (Å²) < 4.78 is 52.8. The highest BCUT2D eigenvalue weighted by Gasteiger charge is 2.22. The summed E-state index contributed by atoms with van der Waals surface area (Å²) in [6.07, 6.45) is 0. The van der Waals surface area contributed by atoms with Crippen molar-refractivity contribution in [3.05, 3.63) is 64.1 Å². The van der Waals surface area contributed by atoms with E-state index in [0.29, 0.717) is 4.47 Å². The summed E-state index contributed by atoms with van der Waals surface area (Å²) in [6.45, 7) is -0.180. The van der Waals surface area contributed by atoms with Crippen LogP contribution in [0.15, 0.2) is 51.8 Å². The Morgan fingerprint density at radius 3 is 2.48 bits per heavy atom. The zero-order valence-corrected chi connectivity index (χ0v) is 13.5. The predicted octanol–water partition coefficient (Wildman–Crippen LogP) is 3.55. The van der Waals surface area contributed by atoms with Gasteiger partial charge in [-0.15, -0.1) is 0 Å². The molecule has 3 nitrogen and oxygen atoms in total. The van der Waals surface area contributed by atoms with Crippen LogP contribution in [0.3, 0.4) is 0 Å². The Bertz CT molecular complexity index is 765. The Morgan fingerprint density at radius 2 is 1.86 bits per heavy atom. The van der Waals surface area contributed by atoms with Crippen molar-refractivity contribution < 1.29 is 17.2 Å². The van der Waals surface area contributed by atoms with E-state index in [0.717, 1.165) is 16.4 Å². The molecular weight excluding hydrogens is 364 g/mol. The molecule has 0 saturated heterocycles. The summed E-state index contributed by atoms with van der Waals surface area (Å²) in [6, 6.07) is 9.29. The molecule has 112 valence electrons. The molecule has 0 aliphatic heterocycles. The molecule has 0 radical (unpaired) electrons. The second-order valence-electron chi connectivity index (χ2n) is 4.45. The van der Waals surface area contributed by atoms with Crippen LogP contribution in [0.5, 0.6) is 0 Å². The molecule has 0 unspecified atom stereocenters. The van der Waals surface area contributed by atoms with E-state index >= 15 is 0 Å². The number of benzene rings is 2. The topological polar surface area (TPSA) is 37.4 Å². The van der Waals surface area contributed by atoms with Gasteiger partial charge in [0.15, 0.2) is 0 Å². The minimum absolute atomic E-state index is 0.0990. The summed E-state index contributed by atoms with van der Waals surface area (Å²) in [7, 11) is -2.40. The predicted molar refractivity (Wildman–Crippen MR) is 79.2 cm³/mol. The van der Waals surface area contributed by atoms with E-state index in [1.807, 2.05) is 0 Å². The Labute approximate surface area is 130 Å². The van der Waals surface area contributed by atoms with Gasteiger partial charge in [0.1, 0.15) is 11.6 Å². The molecule has 0 atom stereocenters. The van der Waals surface area contributed by atoms with Gasteiger partial charge in [-0.25, -0.2) is 17.2 Å². The van der Waals surface area contributed by atoms with Gasteiger partial charge in [0.05, 0.1) is 4.90 Å². The summed E-state index contributed by atoms with van der Waals surface area (Å²) in [5, 5.41) is 0. The fourth-order valence-corrected chi connectivity index (χ4v) is 3.53. The van der Waals surface area contributed by atoms with Crippen LogP contribution < -0.4 is 0 Å². The summed E-state index contributed by atoms with van der Waals surface area (Å²) >= 11 is 3.21. The Morgan fingerprint density at radius 1 is 1.14 bits per heavy atom. The maximum absolute atomic E-state index is 13.6. The first kappa shape index (κ1) is 16.1. The van der Waals surface area contributed by atoms with Crippen LogP contribution in [-0.2, 0) is 16.6 Å². The highest BCUT2D eigenvalue weighted by atomic mass is 79.9. The molecule has 0 amide bonds. The van der Waals surface area contributed by atoms with E-state index in [1.165, 1.54) is 25.2 Å². The van der Waals surface area contributed by atoms with Crippen molar-refractivity contribution in [1.29, 1.82) is 0 Å². The van der Waals surface area contributed by atoms with Crippen molar-refractivity contribution in [3.8, 4) is 0 Å². The molecule has 0 heterocycles. The average molecular weight is 376 g/mol. The standard InChI is InChI=1S/C14H12BrF2NO2S/c1-18(9-10-5-6-12(16)8-14(10)17)21(19,20)13-4-2-3-11(15)7-13/h2-8H,9H2,1H3. The first-order chi connectivity index (χ1) is 9.80. The molecule has 2 aromatic rings. The van der Waals surface area contributed by atoms with Crippen LogP contribution in [0.25, 0.3) is 0 Å². The lowest BCUT2D eigenvalue weighted by Crippen LogP contribution is -2.27. The molecule has 0 aliphatic rings. The van der Waals surface area contributed by atoms with Crippen molar-refractivity contribution >= 4 is 26.0 Å². The van der Waals surface area contributed by atoms with Crippen molar-refractivity contribution in [2.24, 2.45) is 0 Å². The Hall–Kier alpha value is -1.31. The van der Waals surface area contributed by atoms with Crippen molar-refractivity contribution in [2.75, 3.05) is 7.05 Å². The number of hydrogen-bond donors (Lipinski definition) is 0. The molecule has 0 aromatic heterocycles. The molecular formula is C14H12BrF2NO2S. The monoisotopic (exact) mass is 375 g/mol. The van der Waals surface area contributed by atoms with Crippen LogP contribution >= 0.6 is 15.9 Å². The average Bonchev–Trinajstić information content (AvgIpc) is 2.41. The fraction of sp³-hybridized carbons (Fsp3) is 0.143. The van der Waals surface area contributed by atoms with Crippen LogP contribution in [0.1, 0.15) is 5.56 Å². The zero-order chi connectivity index (χ0) is 15.6.